The van der Waals surface area contributed by atoms with Crippen molar-refractivity contribution in [2.75, 3.05) is 6.61 Å². The lowest BCUT2D eigenvalue weighted by Gasteiger charge is -2.31. The van der Waals surface area contributed by atoms with Gasteiger partial charge in [0.25, 0.3) is 11.2 Å². The summed E-state index contributed by atoms with van der Waals surface area (Å²) in [6, 6.07) is 0.612. The molecule has 2 heterocycles. The maximum atomic E-state index is 14.8. The van der Waals surface area contributed by atoms with Crippen LogP contribution in [0.2, 0.25) is 0 Å². The van der Waals surface area contributed by atoms with Crippen LogP contribution >= 0.6 is 0 Å². The summed E-state index contributed by atoms with van der Waals surface area (Å²) in [5.41, 5.74) is -1.70. The zero-order chi connectivity index (χ0) is 18.3. The van der Waals surface area contributed by atoms with Crippen LogP contribution in [0.1, 0.15) is 6.23 Å². The number of H-pyrrole nitrogens is 1. The Labute approximate surface area is 128 Å². The molecule has 0 aliphatic carbocycles. The van der Waals surface area contributed by atoms with Gasteiger partial charge in [0.1, 0.15) is 6.10 Å². The van der Waals surface area contributed by atoms with Crippen molar-refractivity contribution < 1.29 is 32.5 Å². The van der Waals surface area contributed by atoms with E-state index in [-0.39, 0.29) is 4.57 Å². The molecule has 1 saturated heterocycles. The molecule has 10 nitrogen and oxygen atoms in total. The smallest absolute Gasteiger partial charge is 0.393 e. The van der Waals surface area contributed by atoms with Crippen molar-refractivity contribution in [2.45, 2.75) is 29.9 Å². The van der Waals surface area contributed by atoms with E-state index in [4.69, 9.17) is 10.6 Å². The minimum Gasteiger partial charge on any atom is -0.393 e. The van der Waals surface area contributed by atoms with Crippen LogP contribution in [-0.4, -0.2) is 50.0 Å². The highest BCUT2D eigenvalue weighted by molar-refractivity contribution is 5.13. The van der Waals surface area contributed by atoms with E-state index in [0.29, 0.717) is 12.3 Å². The lowest BCUT2D eigenvalue weighted by atomic mass is 9.92. The van der Waals surface area contributed by atoms with Crippen molar-refractivity contribution >= 4 is 0 Å². The molecule has 132 valence electrons. The summed E-state index contributed by atoms with van der Waals surface area (Å²) in [6.45, 7) is -1.51. The number of halogens is 4. The Morgan fingerprint density at radius 3 is 2.58 bits per heavy atom. The molecule has 0 spiro atoms. The molecular formula is C10H9F4N5O5. The van der Waals surface area contributed by atoms with Gasteiger partial charge in [0.2, 0.25) is 5.72 Å². The van der Waals surface area contributed by atoms with Gasteiger partial charge >= 0.3 is 11.9 Å². The van der Waals surface area contributed by atoms with E-state index in [1.54, 1.807) is 4.98 Å². The molecule has 24 heavy (non-hydrogen) atoms. The van der Waals surface area contributed by atoms with Crippen LogP contribution in [0, 0.1) is 0 Å². The molecule has 14 heteroatoms. The van der Waals surface area contributed by atoms with Crippen molar-refractivity contribution in [2.24, 2.45) is 5.11 Å². The number of alkyl halides is 4. The number of hydrogen-bond donors (Lipinski definition) is 3. The maximum Gasteiger partial charge on any atom is 0.429 e. The minimum atomic E-state index is -5.78. The molecule has 0 radical (unpaired) electrons. The molecule has 1 aliphatic rings. The Bertz CT molecular complexity index is 802. The average Bonchev–Trinajstić information content (AvgIpc) is 2.71. The van der Waals surface area contributed by atoms with E-state index in [1.165, 1.54) is 0 Å². The quantitative estimate of drug-likeness (QED) is 0.294. The minimum absolute atomic E-state index is 0.0163. The summed E-state index contributed by atoms with van der Waals surface area (Å²) in [6.07, 6.45) is -11.3. The van der Waals surface area contributed by atoms with Crippen LogP contribution in [0.3, 0.4) is 0 Å². The van der Waals surface area contributed by atoms with Crippen molar-refractivity contribution in [1.82, 2.24) is 9.55 Å². The van der Waals surface area contributed by atoms with Gasteiger partial charge in [-0.15, -0.1) is 0 Å². The molecule has 2 rings (SSSR count). The van der Waals surface area contributed by atoms with E-state index in [2.05, 4.69) is 14.8 Å². The predicted octanol–water partition coefficient (Wildman–Crippen LogP) is -0.304. The summed E-state index contributed by atoms with van der Waals surface area (Å²) in [5.74, 6) is 0. The van der Waals surface area contributed by atoms with E-state index in [0.717, 1.165) is 0 Å². The molecule has 0 bridgehead atoms. The van der Waals surface area contributed by atoms with Crippen LogP contribution in [0.4, 0.5) is 17.6 Å². The molecule has 1 aromatic rings. The topological polar surface area (TPSA) is 153 Å². The van der Waals surface area contributed by atoms with E-state index in [1.807, 2.05) is 0 Å². The van der Waals surface area contributed by atoms with Crippen molar-refractivity contribution in [3.63, 3.8) is 0 Å². The number of hydrogen-bond acceptors (Lipinski definition) is 6. The Balaban J connectivity index is 2.74. The first-order valence-corrected chi connectivity index (χ1v) is 6.13. The second-order valence-electron chi connectivity index (χ2n) is 4.85. The van der Waals surface area contributed by atoms with Crippen LogP contribution in [0.25, 0.3) is 10.4 Å². The molecular weight excluding hydrogens is 346 g/mol. The summed E-state index contributed by atoms with van der Waals surface area (Å²) >= 11 is 0. The lowest BCUT2D eigenvalue weighted by molar-refractivity contribution is -0.274. The van der Waals surface area contributed by atoms with Crippen molar-refractivity contribution in [3.8, 4) is 0 Å². The largest absolute Gasteiger partial charge is 0.429 e. The fraction of sp³-hybridized carbons (Fsp3) is 0.600. The molecule has 3 N–H and O–H groups in total. The first-order valence-electron chi connectivity index (χ1n) is 6.13. The Kier molecular flexibility index (Phi) is 4.18. The standard InChI is InChI=1S/C10H9F4N5O5/c11-9(10(12,13)14)5(22)8(3-20,17-18-15)24-6(9)19-2-1-4(21)16-7(19)23/h1-2,5-6,20,22H,3H2,(H,16,21,23)/t5?,6-,8-,9-/m1/s1. The van der Waals surface area contributed by atoms with Crippen molar-refractivity contribution in [1.29, 1.82) is 0 Å². The Hall–Kier alpha value is -2.41. The van der Waals surface area contributed by atoms with Gasteiger partial charge in [-0.2, -0.15) is 13.2 Å². The number of aliphatic hydroxyl groups is 2. The van der Waals surface area contributed by atoms with Gasteiger partial charge in [-0.1, -0.05) is 5.11 Å². The second kappa shape index (κ2) is 5.59. The average molecular weight is 355 g/mol. The zero-order valence-corrected chi connectivity index (χ0v) is 11.4. The number of nitrogens with one attached hydrogen (secondary N) is 1. The van der Waals surface area contributed by atoms with E-state index in [9.17, 15) is 32.3 Å². The van der Waals surface area contributed by atoms with Gasteiger partial charge in [0, 0.05) is 17.2 Å². The number of aliphatic hydroxyl groups excluding tert-OH is 2. The second-order valence-corrected chi connectivity index (χ2v) is 4.85. The highest BCUT2D eigenvalue weighted by atomic mass is 19.4. The molecule has 1 aliphatic heterocycles. The van der Waals surface area contributed by atoms with Crippen LogP contribution in [0.15, 0.2) is 27.0 Å². The number of ether oxygens (including phenoxy) is 1. The fourth-order valence-corrected chi connectivity index (χ4v) is 2.28. The Morgan fingerprint density at radius 2 is 2.12 bits per heavy atom. The summed E-state index contributed by atoms with van der Waals surface area (Å²) < 4.78 is 59.2. The summed E-state index contributed by atoms with van der Waals surface area (Å²) in [5, 5.41) is 21.7. The van der Waals surface area contributed by atoms with Crippen LogP contribution in [-0.2, 0) is 4.74 Å². The van der Waals surface area contributed by atoms with Gasteiger partial charge < -0.3 is 14.9 Å². The highest BCUT2D eigenvalue weighted by Gasteiger charge is 2.77. The highest BCUT2D eigenvalue weighted by Crippen LogP contribution is 2.54. The molecule has 0 amide bonds. The van der Waals surface area contributed by atoms with E-state index >= 15 is 0 Å². The third kappa shape index (κ3) is 2.36. The molecule has 1 fully saturated rings. The van der Waals surface area contributed by atoms with Gasteiger partial charge in [0.05, 0.1) is 6.61 Å². The van der Waals surface area contributed by atoms with Gasteiger partial charge in [-0.3, -0.25) is 14.3 Å². The number of aromatic amines is 1. The van der Waals surface area contributed by atoms with E-state index < -0.39 is 47.8 Å². The maximum absolute atomic E-state index is 14.8. The molecule has 0 saturated carbocycles. The predicted molar refractivity (Wildman–Crippen MR) is 66.3 cm³/mol. The number of nitrogens with zero attached hydrogens (tertiary/aromatic N) is 4. The first kappa shape index (κ1) is 17.9. The normalized spacial score (nSPS) is 33.2. The zero-order valence-electron chi connectivity index (χ0n) is 11.4. The Morgan fingerprint density at radius 1 is 1.50 bits per heavy atom. The SMILES string of the molecule is [N-]=[N+]=N[C@]1(CO)O[C@@H](n2ccc(=O)[nH]c2=O)[C@@](F)(C(F)(F)F)C1O. The molecule has 1 aromatic heterocycles. The number of aromatic nitrogens is 2. The monoisotopic (exact) mass is 355 g/mol. The summed E-state index contributed by atoms with van der Waals surface area (Å²) in [4.78, 5) is 26.3. The van der Waals surface area contributed by atoms with Gasteiger partial charge in [-0.25, -0.2) is 9.18 Å². The molecule has 4 atom stereocenters. The number of azide groups is 1. The van der Waals surface area contributed by atoms with Gasteiger partial charge in [-0.05, 0) is 5.53 Å². The van der Waals surface area contributed by atoms with Crippen molar-refractivity contribution in [3.05, 3.63) is 43.5 Å². The summed E-state index contributed by atoms with van der Waals surface area (Å²) in [7, 11) is 0. The molecule has 0 aromatic carbocycles. The lowest BCUT2D eigenvalue weighted by Crippen LogP contribution is -2.57. The molecule has 1 unspecified atom stereocenters. The van der Waals surface area contributed by atoms with Gasteiger partial charge in [0.15, 0.2) is 6.23 Å². The van der Waals surface area contributed by atoms with Crippen LogP contribution in [0.5, 0.6) is 0 Å². The number of rotatable bonds is 3. The fourth-order valence-electron chi connectivity index (χ4n) is 2.28. The first-order chi connectivity index (χ1) is 11.0. The third-order valence-corrected chi connectivity index (χ3v) is 3.48. The third-order valence-electron chi connectivity index (χ3n) is 3.48. The van der Waals surface area contributed by atoms with Crippen LogP contribution < -0.4 is 11.2 Å².